The number of benzene rings is 2. The number of aliphatic hydroxyl groups excluding tert-OH is 1. The molecular weight excluding hydrogens is 293 g/mol. The molecule has 0 aliphatic carbocycles. The van der Waals surface area contributed by atoms with Crippen molar-refractivity contribution in [3.8, 4) is 11.5 Å². The summed E-state index contributed by atoms with van der Waals surface area (Å²) in [4.78, 5) is 4.27. The highest BCUT2D eigenvalue weighted by Gasteiger charge is 2.10. The number of ether oxygens (including phenoxy) is 1. The number of hydrogen-bond donors (Lipinski definition) is 1. The minimum Gasteiger partial charge on any atom is -0.455 e. The minimum atomic E-state index is -0.425. The molecule has 1 N–H and O–H groups in total. The van der Waals surface area contributed by atoms with Crippen molar-refractivity contribution in [2.24, 2.45) is 0 Å². The van der Waals surface area contributed by atoms with Gasteiger partial charge in [-0.3, -0.25) is 4.98 Å². The van der Waals surface area contributed by atoms with E-state index in [1.165, 1.54) is 18.2 Å². The van der Waals surface area contributed by atoms with Crippen LogP contribution in [0.2, 0.25) is 5.02 Å². The Morgan fingerprint density at radius 1 is 1.14 bits per heavy atom. The predicted octanol–water partition coefficient (Wildman–Crippen LogP) is 4.31. The van der Waals surface area contributed by atoms with Gasteiger partial charge in [0.2, 0.25) is 0 Å². The first-order valence-electron chi connectivity index (χ1n) is 6.29. The van der Waals surface area contributed by atoms with E-state index in [1.54, 1.807) is 24.4 Å². The van der Waals surface area contributed by atoms with Gasteiger partial charge in [0, 0.05) is 17.1 Å². The van der Waals surface area contributed by atoms with E-state index in [1.807, 2.05) is 6.07 Å². The Kier molecular flexibility index (Phi) is 3.73. The molecule has 0 saturated carbocycles. The lowest BCUT2D eigenvalue weighted by Crippen LogP contribution is -1.94. The van der Waals surface area contributed by atoms with E-state index in [0.29, 0.717) is 27.6 Å². The van der Waals surface area contributed by atoms with Crippen LogP contribution in [-0.2, 0) is 6.61 Å². The van der Waals surface area contributed by atoms with Crippen molar-refractivity contribution in [1.29, 1.82) is 0 Å². The molecule has 21 heavy (non-hydrogen) atoms. The summed E-state index contributed by atoms with van der Waals surface area (Å²) in [7, 11) is 0. The topological polar surface area (TPSA) is 42.4 Å². The molecular formula is C16H11ClFNO2. The van der Waals surface area contributed by atoms with E-state index in [-0.39, 0.29) is 6.61 Å². The molecule has 0 amide bonds. The van der Waals surface area contributed by atoms with Gasteiger partial charge in [0.1, 0.15) is 17.1 Å². The van der Waals surface area contributed by atoms with E-state index < -0.39 is 5.82 Å². The van der Waals surface area contributed by atoms with Gasteiger partial charge in [-0.2, -0.15) is 0 Å². The van der Waals surface area contributed by atoms with Crippen LogP contribution in [0.4, 0.5) is 4.39 Å². The second-order valence-electron chi connectivity index (χ2n) is 4.46. The van der Waals surface area contributed by atoms with E-state index in [0.717, 1.165) is 5.39 Å². The third kappa shape index (κ3) is 2.68. The Morgan fingerprint density at radius 2 is 1.95 bits per heavy atom. The highest BCUT2D eigenvalue weighted by atomic mass is 35.5. The number of halogens is 2. The van der Waals surface area contributed by atoms with Crippen LogP contribution in [-0.4, -0.2) is 10.1 Å². The maximum atomic E-state index is 13.2. The van der Waals surface area contributed by atoms with Crippen molar-refractivity contribution in [2.75, 3.05) is 0 Å². The van der Waals surface area contributed by atoms with Gasteiger partial charge in [-0.05, 0) is 42.5 Å². The standard InChI is InChI=1S/C16H11ClFNO2/c17-13-4-6-15(16-12(13)2-1-7-19-16)21-14-5-3-11(18)8-10(14)9-20/h1-8,20H,9H2. The van der Waals surface area contributed by atoms with E-state index in [9.17, 15) is 9.50 Å². The third-order valence-electron chi connectivity index (χ3n) is 3.09. The number of aliphatic hydroxyl groups is 1. The third-order valence-corrected chi connectivity index (χ3v) is 3.42. The first-order chi connectivity index (χ1) is 10.2. The lowest BCUT2D eigenvalue weighted by atomic mass is 10.2. The monoisotopic (exact) mass is 303 g/mol. The number of fused-ring (bicyclic) bond motifs is 1. The zero-order valence-corrected chi connectivity index (χ0v) is 11.6. The van der Waals surface area contributed by atoms with Crippen LogP contribution in [0.25, 0.3) is 10.9 Å². The molecule has 0 spiro atoms. The highest BCUT2D eigenvalue weighted by Crippen LogP contribution is 2.34. The largest absolute Gasteiger partial charge is 0.455 e. The number of pyridine rings is 1. The molecule has 0 saturated heterocycles. The fourth-order valence-corrected chi connectivity index (χ4v) is 2.30. The molecule has 3 rings (SSSR count). The van der Waals surface area contributed by atoms with Gasteiger partial charge < -0.3 is 9.84 Å². The molecule has 106 valence electrons. The first-order valence-corrected chi connectivity index (χ1v) is 6.67. The summed E-state index contributed by atoms with van der Waals surface area (Å²) in [6.45, 7) is -0.313. The van der Waals surface area contributed by atoms with Gasteiger partial charge in [0.05, 0.1) is 11.6 Å². The van der Waals surface area contributed by atoms with Gasteiger partial charge in [0.25, 0.3) is 0 Å². The van der Waals surface area contributed by atoms with E-state index in [4.69, 9.17) is 16.3 Å². The minimum absolute atomic E-state index is 0.313. The van der Waals surface area contributed by atoms with Gasteiger partial charge in [-0.1, -0.05) is 11.6 Å². The van der Waals surface area contributed by atoms with E-state index >= 15 is 0 Å². The fourth-order valence-electron chi connectivity index (χ4n) is 2.08. The number of nitrogens with zero attached hydrogens (tertiary/aromatic N) is 1. The SMILES string of the molecule is OCc1cc(F)ccc1Oc1ccc(Cl)c2cccnc12. The lowest BCUT2D eigenvalue weighted by molar-refractivity contribution is 0.276. The van der Waals surface area contributed by atoms with Crippen molar-refractivity contribution in [3.05, 3.63) is 65.1 Å². The summed E-state index contributed by atoms with van der Waals surface area (Å²) in [5.41, 5.74) is 0.979. The Bertz CT molecular complexity index is 807. The predicted molar refractivity (Wildman–Crippen MR) is 79.1 cm³/mol. The number of rotatable bonds is 3. The maximum Gasteiger partial charge on any atom is 0.153 e. The van der Waals surface area contributed by atoms with Gasteiger partial charge in [-0.25, -0.2) is 4.39 Å². The van der Waals surface area contributed by atoms with Crippen molar-refractivity contribution >= 4 is 22.5 Å². The van der Waals surface area contributed by atoms with Crippen molar-refractivity contribution in [3.63, 3.8) is 0 Å². The Balaban J connectivity index is 2.09. The van der Waals surface area contributed by atoms with Gasteiger partial charge in [-0.15, -0.1) is 0 Å². The molecule has 0 atom stereocenters. The average molecular weight is 304 g/mol. The quantitative estimate of drug-likeness (QED) is 0.784. The molecule has 0 aliphatic heterocycles. The van der Waals surface area contributed by atoms with Crippen LogP contribution in [0.5, 0.6) is 11.5 Å². The molecule has 3 aromatic rings. The Hall–Kier alpha value is -2.17. The second-order valence-corrected chi connectivity index (χ2v) is 4.86. The molecule has 3 nitrogen and oxygen atoms in total. The van der Waals surface area contributed by atoms with Crippen LogP contribution in [0, 0.1) is 5.82 Å². The maximum absolute atomic E-state index is 13.2. The summed E-state index contributed by atoms with van der Waals surface area (Å²) < 4.78 is 19.0. The normalized spacial score (nSPS) is 10.8. The molecule has 0 radical (unpaired) electrons. The van der Waals surface area contributed by atoms with Gasteiger partial charge >= 0.3 is 0 Å². The summed E-state index contributed by atoms with van der Waals surface area (Å²) >= 11 is 6.13. The van der Waals surface area contributed by atoms with Crippen molar-refractivity contribution in [2.45, 2.75) is 6.61 Å². The average Bonchev–Trinajstić information content (AvgIpc) is 2.52. The molecule has 2 aromatic carbocycles. The van der Waals surface area contributed by atoms with Crippen LogP contribution in [0.3, 0.4) is 0 Å². The molecule has 0 aliphatic rings. The second kappa shape index (κ2) is 5.68. The van der Waals surface area contributed by atoms with Crippen molar-refractivity contribution < 1.29 is 14.2 Å². The molecule has 1 heterocycles. The zero-order chi connectivity index (χ0) is 14.8. The van der Waals surface area contributed by atoms with Crippen LogP contribution >= 0.6 is 11.6 Å². The number of aromatic nitrogens is 1. The first kappa shape index (κ1) is 13.8. The molecule has 0 unspecified atom stereocenters. The lowest BCUT2D eigenvalue weighted by Gasteiger charge is -2.12. The summed E-state index contributed by atoms with van der Waals surface area (Å²) in [6.07, 6.45) is 1.64. The molecule has 0 bridgehead atoms. The summed E-state index contributed by atoms with van der Waals surface area (Å²) in [5, 5.41) is 10.6. The van der Waals surface area contributed by atoms with Crippen LogP contribution < -0.4 is 4.74 Å². The van der Waals surface area contributed by atoms with E-state index in [2.05, 4.69) is 4.98 Å². The highest BCUT2D eigenvalue weighted by molar-refractivity contribution is 6.35. The van der Waals surface area contributed by atoms with Gasteiger partial charge in [0.15, 0.2) is 5.75 Å². The Labute approximate surface area is 125 Å². The molecule has 1 aromatic heterocycles. The smallest absolute Gasteiger partial charge is 0.153 e. The fraction of sp³-hybridized carbons (Fsp3) is 0.0625. The van der Waals surface area contributed by atoms with Crippen LogP contribution in [0.15, 0.2) is 48.7 Å². The molecule has 5 heteroatoms. The molecule has 0 fully saturated rings. The number of hydrogen-bond acceptors (Lipinski definition) is 3. The zero-order valence-electron chi connectivity index (χ0n) is 10.9. The summed E-state index contributed by atoms with van der Waals surface area (Å²) in [5.74, 6) is 0.454. The van der Waals surface area contributed by atoms with Crippen molar-refractivity contribution in [1.82, 2.24) is 4.98 Å². The summed E-state index contributed by atoms with van der Waals surface area (Å²) in [6, 6.07) is 11.0. The Morgan fingerprint density at radius 3 is 2.76 bits per heavy atom. The van der Waals surface area contributed by atoms with Crippen LogP contribution in [0.1, 0.15) is 5.56 Å².